The molecule has 7 nitrogen and oxygen atoms in total. The lowest BCUT2D eigenvalue weighted by Gasteiger charge is -2.33. The molecule has 2 heterocycles. The van der Waals surface area contributed by atoms with E-state index in [1.54, 1.807) is 6.08 Å². The minimum absolute atomic E-state index is 0.0330. The monoisotopic (exact) mass is 602 g/mol. The topological polar surface area (TPSA) is 76.2 Å². The molecule has 2 aromatic carbocycles. The van der Waals surface area contributed by atoms with Crippen LogP contribution in [0.5, 0.6) is 5.75 Å². The van der Waals surface area contributed by atoms with Crippen LogP contribution in [0.15, 0.2) is 39.8 Å². The molecule has 12 heteroatoms. The van der Waals surface area contributed by atoms with Gasteiger partial charge in [0.15, 0.2) is 17.5 Å². The Morgan fingerprint density at radius 1 is 1.19 bits per heavy atom. The zero-order valence-corrected chi connectivity index (χ0v) is 24.6. The van der Waals surface area contributed by atoms with Crippen LogP contribution in [0, 0.1) is 35.8 Å². The van der Waals surface area contributed by atoms with Gasteiger partial charge in [-0.1, -0.05) is 31.1 Å². The second-order valence-corrected chi connectivity index (χ2v) is 10.9. The molecule has 0 saturated carbocycles. The number of aliphatic imine (C=N–C) groups is 2. The first kappa shape index (κ1) is 32.1. The highest BCUT2D eigenvalue weighted by Gasteiger charge is 2.36. The van der Waals surface area contributed by atoms with Gasteiger partial charge in [0, 0.05) is 50.0 Å². The van der Waals surface area contributed by atoms with Crippen molar-refractivity contribution in [3.8, 4) is 11.8 Å². The highest BCUT2D eigenvalue weighted by Crippen LogP contribution is 2.35. The Balaban J connectivity index is 1.56. The number of hydrogen-bond donors (Lipinski definition) is 1. The zero-order valence-electron chi connectivity index (χ0n) is 24.6. The molecule has 2 atom stereocenters. The molecule has 2 unspecified atom stereocenters. The van der Waals surface area contributed by atoms with E-state index in [4.69, 9.17) is 4.74 Å². The van der Waals surface area contributed by atoms with Crippen molar-refractivity contribution in [2.45, 2.75) is 52.6 Å². The van der Waals surface area contributed by atoms with Crippen LogP contribution in [0.1, 0.15) is 48.9 Å². The average molecular weight is 603 g/mol. The summed E-state index contributed by atoms with van der Waals surface area (Å²) < 4.78 is 78.2. The maximum Gasteiger partial charge on any atom is 0.416 e. The van der Waals surface area contributed by atoms with E-state index in [0.717, 1.165) is 43.6 Å². The number of nitriles is 1. The lowest BCUT2D eigenvalue weighted by Crippen LogP contribution is -2.44. The van der Waals surface area contributed by atoms with Gasteiger partial charge >= 0.3 is 6.18 Å². The number of nitrogens with zero attached hydrogens (tertiary/aromatic N) is 5. The number of ether oxygens (including phenoxy) is 1. The van der Waals surface area contributed by atoms with Crippen molar-refractivity contribution in [1.82, 2.24) is 9.80 Å². The number of likely N-dealkylation sites (N-methyl/N-ethyl adjacent to an activating group) is 1. The molecule has 0 bridgehead atoms. The number of nitrogens with one attached hydrogen (secondary N) is 1. The fraction of sp³-hybridized carbons (Fsp3) is 0.452. The summed E-state index contributed by atoms with van der Waals surface area (Å²) in [5, 5.41) is 12.7. The smallest absolute Gasteiger partial charge is 0.416 e. The lowest BCUT2D eigenvalue weighted by molar-refractivity contribution is -0.138. The van der Waals surface area contributed by atoms with Crippen molar-refractivity contribution in [1.29, 1.82) is 5.26 Å². The predicted molar refractivity (Wildman–Crippen MR) is 157 cm³/mol. The first-order valence-electron chi connectivity index (χ1n) is 14.1. The number of halogens is 5. The number of benzene rings is 2. The van der Waals surface area contributed by atoms with E-state index in [9.17, 15) is 22.8 Å². The Kier molecular flexibility index (Phi) is 10.2. The molecule has 0 aromatic heterocycles. The van der Waals surface area contributed by atoms with Crippen molar-refractivity contribution >= 4 is 23.9 Å². The van der Waals surface area contributed by atoms with Crippen molar-refractivity contribution in [2.24, 2.45) is 15.9 Å². The van der Waals surface area contributed by atoms with Gasteiger partial charge in [-0.2, -0.15) is 18.4 Å². The third-order valence-electron chi connectivity index (χ3n) is 7.56. The Morgan fingerprint density at radius 2 is 1.91 bits per heavy atom. The zero-order chi connectivity index (χ0) is 31.3. The summed E-state index contributed by atoms with van der Waals surface area (Å²) in [6.07, 6.45) is -1.76. The molecule has 2 aliphatic heterocycles. The lowest BCUT2D eigenvalue weighted by atomic mass is 10.0. The summed E-state index contributed by atoms with van der Waals surface area (Å²) in [6.45, 7) is 8.29. The number of allylic oxidation sites excluding steroid dienone is 1. The van der Waals surface area contributed by atoms with Crippen LogP contribution >= 0.6 is 0 Å². The van der Waals surface area contributed by atoms with Gasteiger partial charge in [0.25, 0.3) is 0 Å². The minimum atomic E-state index is -4.61. The summed E-state index contributed by atoms with van der Waals surface area (Å²) in [5.41, 5.74) is 0.428. The number of hydrogen-bond acceptors (Lipinski definition) is 7. The SMILES string of the molecule is CCC/C(C)=C\c1c(C)c(F)cc(OC2N=CN=C(Nc3ccc(CN4CCN(C)CC4)c(C(F)(F)F)c3)C2C#N)c1F. The molecule has 230 valence electrons. The summed E-state index contributed by atoms with van der Waals surface area (Å²) >= 11 is 0. The number of anilines is 1. The van der Waals surface area contributed by atoms with Crippen molar-refractivity contribution in [3.05, 3.63) is 63.7 Å². The van der Waals surface area contributed by atoms with Crippen LogP contribution in [-0.4, -0.2) is 61.4 Å². The van der Waals surface area contributed by atoms with Gasteiger partial charge in [-0.05, 0) is 50.6 Å². The number of alkyl halides is 3. The van der Waals surface area contributed by atoms with E-state index in [0.29, 0.717) is 19.5 Å². The minimum Gasteiger partial charge on any atom is -0.464 e. The average Bonchev–Trinajstić information content (AvgIpc) is 2.96. The van der Waals surface area contributed by atoms with Gasteiger partial charge in [0.2, 0.25) is 6.23 Å². The van der Waals surface area contributed by atoms with Crippen molar-refractivity contribution in [3.63, 3.8) is 0 Å². The maximum absolute atomic E-state index is 15.5. The molecule has 1 N–H and O–H groups in total. The fourth-order valence-corrected chi connectivity index (χ4v) is 5.06. The molecule has 0 spiro atoms. The van der Waals surface area contributed by atoms with Crippen LogP contribution < -0.4 is 10.1 Å². The summed E-state index contributed by atoms with van der Waals surface area (Å²) in [5.74, 6) is -3.20. The quantitative estimate of drug-likeness (QED) is 0.343. The third kappa shape index (κ3) is 7.77. The van der Waals surface area contributed by atoms with Gasteiger partial charge in [-0.3, -0.25) is 4.90 Å². The standard InChI is InChI=1S/C31H35F5N6O/c1-5-6-19(2)13-23-20(3)26(32)15-27(28(23)33)43-30-24(16-37)29(38-18-39-30)40-22-8-7-21(25(14-22)31(34,35)36)17-42-11-9-41(4)10-12-42/h7-8,13-15,18,24,30H,5-6,9-12,17H2,1-4H3,(H,38,39,40)/b19-13-. The molecular formula is C31H35F5N6O. The molecular weight excluding hydrogens is 567 g/mol. The second kappa shape index (κ2) is 13.7. The van der Waals surface area contributed by atoms with Crippen LogP contribution in [0.4, 0.5) is 27.6 Å². The third-order valence-corrected chi connectivity index (χ3v) is 7.56. The van der Waals surface area contributed by atoms with E-state index in [-0.39, 0.29) is 34.8 Å². The summed E-state index contributed by atoms with van der Waals surface area (Å²) in [4.78, 5) is 12.2. The van der Waals surface area contributed by atoms with E-state index >= 15 is 4.39 Å². The molecule has 0 amide bonds. The molecule has 1 saturated heterocycles. The van der Waals surface area contributed by atoms with E-state index in [1.165, 1.54) is 19.1 Å². The number of piperazine rings is 1. The molecule has 0 aliphatic carbocycles. The number of amidine groups is 1. The van der Waals surface area contributed by atoms with Gasteiger partial charge in [0.1, 0.15) is 18.0 Å². The fourth-order valence-electron chi connectivity index (χ4n) is 5.06. The van der Waals surface area contributed by atoms with Crippen LogP contribution in [0.25, 0.3) is 6.08 Å². The van der Waals surface area contributed by atoms with Gasteiger partial charge in [-0.25, -0.2) is 18.8 Å². The number of rotatable bonds is 8. The highest BCUT2D eigenvalue weighted by atomic mass is 19.4. The van der Waals surface area contributed by atoms with Gasteiger partial charge in [0.05, 0.1) is 11.6 Å². The van der Waals surface area contributed by atoms with Crippen molar-refractivity contribution in [2.75, 3.05) is 38.5 Å². The van der Waals surface area contributed by atoms with Crippen molar-refractivity contribution < 1.29 is 26.7 Å². The molecule has 1 fully saturated rings. The van der Waals surface area contributed by atoms with Crippen LogP contribution in [0.3, 0.4) is 0 Å². The van der Waals surface area contributed by atoms with Gasteiger partial charge in [-0.15, -0.1) is 0 Å². The molecule has 2 aliphatic rings. The first-order chi connectivity index (χ1) is 20.4. The maximum atomic E-state index is 15.5. The highest BCUT2D eigenvalue weighted by molar-refractivity contribution is 6.03. The largest absolute Gasteiger partial charge is 0.464 e. The Bertz CT molecular complexity index is 1450. The van der Waals surface area contributed by atoms with E-state index in [1.807, 2.05) is 31.9 Å². The molecule has 43 heavy (non-hydrogen) atoms. The van der Waals surface area contributed by atoms with Crippen LogP contribution in [-0.2, 0) is 12.7 Å². The van der Waals surface area contributed by atoms with Gasteiger partial charge < -0.3 is 15.0 Å². The second-order valence-electron chi connectivity index (χ2n) is 10.9. The summed E-state index contributed by atoms with van der Waals surface area (Å²) in [7, 11) is 1.97. The molecule has 0 radical (unpaired) electrons. The van der Waals surface area contributed by atoms with E-state index in [2.05, 4.69) is 20.2 Å². The normalized spacial score (nSPS) is 20.1. The van der Waals surface area contributed by atoms with Crippen LogP contribution in [0.2, 0.25) is 0 Å². The Hall–Kier alpha value is -3.82. The summed E-state index contributed by atoms with van der Waals surface area (Å²) in [6, 6.07) is 6.76. The molecule has 4 rings (SSSR count). The molecule has 2 aromatic rings. The Labute approximate surface area is 248 Å². The Morgan fingerprint density at radius 3 is 2.56 bits per heavy atom. The first-order valence-corrected chi connectivity index (χ1v) is 14.1. The predicted octanol–water partition coefficient (Wildman–Crippen LogP) is 6.64. The van der Waals surface area contributed by atoms with E-state index < -0.39 is 41.3 Å².